The van der Waals surface area contributed by atoms with Gasteiger partial charge in [-0.05, 0) is 80.7 Å². The molecule has 1 amide bonds. The number of hydrogen-bond donors (Lipinski definition) is 2. The zero-order valence-corrected chi connectivity index (χ0v) is 21.1. The van der Waals surface area contributed by atoms with Crippen LogP contribution in [0.3, 0.4) is 0 Å². The second kappa shape index (κ2) is 9.43. The maximum absolute atomic E-state index is 13.0. The van der Waals surface area contributed by atoms with E-state index in [0.29, 0.717) is 11.5 Å². The molecule has 1 aliphatic rings. The van der Waals surface area contributed by atoms with E-state index in [1.165, 1.54) is 48.8 Å². The van der Waals surface area contributed by atoms with Gasteiger partial charge in [-0.2, -0.15) is 0 Å². The van der Waals surface area contributed by atoms with Gasteiger partial charge >= 0.3 is 0 Å². The van der Waals surface area contributed by atoms with Gasteiger partial charge in [0, 0.05) is 24.5 Å². The molecule has 0 aliphatic heterocycles. The molecule has 2 N–H and O–H groups in total. The Balaban J connectivity index is 2.04. The molecule has 1 aliphatic carbocycles. The SMILES string of the molecule is Cc1ccc(-c2cc(C(=O)NCC(C)(C)O)c(C)n2CC2CCCCC2)cc1C(C)(C)C. The summed E-state index contributed by atoms with van der Waals surface area (Å²) in [7, 11) is 0. The number of carbonyl (C=O) groups is 1. The minimum absolute atomic E-state index is 0.0584. The van der Waals surface area contributed by atoms with E-state index in [2.05, 4.69) is 68.8 Å². The lowest BCUT2D eigenvalue weighted by molar-refractivity contribution is 0.0694. The predicted molar refractivity (Wildman–Crippen MR) is 133 cm³/mol. The zero-order valence-electron chi connectivity index (χ0n) is 21.1. The third-order valence-corrected chi connectivity index (χ3v) is 6.80. The van der Waals surface area contributed by atoms with Gasteiger partial charge in [-0.15, -0.1) is 0 Å². The monoisotopic (exact) mass is 438 g/mol. The van der Waals surface area contributed by atoms with Gasteiger partial charge in [0.2, 0.25) is 0 Å². The highest BCUT2D eigenvalue weighted by molar-refractivity contribution is 5.97. The minimum Gasteiger partial charge on any atom is -0.389 e. The van der Waals surface area contributed by atoms with Crippen molar-refractivity contribution in [2.75, 3.05) is 6.54 Å². The maximum atomic E-state index is 13.0. The van der Waals surface area contributed by atoms with Crippen LogP contribution in [0.15, 0.2) is 24.3 Å². The van der Waals surface area contributed by atoms with Crippen molar-refractivity contribution in [2.24, 2.45) is 5.92 Å². The van der Waals surface area contributed by atoms with Crippen molar-refractivity contribution in [3.8, 4) is 11.3 Å². The number of nitrogens with zero attached hydrogens (tertiary/aromatic N) is 1. The van der Waals surface area contributed by atoms with E-state index < -0.39 is 5.60 Å². The third kappa shape index (κ3) is 5.83. The summed E-state index contributed by atoms with van der Waals surface area (Å²) >= 11 is 0. The van der Waals surface area contributed by atoms with Crippen molar-refractivity contribution >= 4 is 5.91 Å². The molecule has 32 heavy (non-hydrogen) atoms. The summed E-state index contributed by atoms with van der Waals surface area (Å²) < 4.78 is 2.37. The summed E-state index contributed by atoms with van der Waals surface area (Å²) in [6.45, 7) is 15.6. The van der Waals surface area contributed by atoms with Crippen molar-refractivity contribution in [1.82, 2.24) is 9.88 Å². The minimum atomic E-state index is -0.935. The van der Waals surface area contributed by atoms with Gasteiger partial charge < -0.3 is 15.0 Å². The van der Waals surface area contributed by atoms with Crippen LogP contribution in [-0.2, 0) is 12.0 Å². The van der Waals surface area contributed by atoms with E-state index in [-0.39, 0.29) is 17.9 Å². The van der Waals surface area contributed by atoms with E-state index >= 15 is 0 Å². The normalized spacial score (nSPS) is 15.8. The second-order valence-corrected chi connectivity index (χ2v) is 11.4. The Kier molecular flexibility index (Phi) is 7.24. The first-order valence-electron chi connectivity index (χ1n) is 12.2. The summed E-state index contributed by atoms with van der Waals surface area (Å²) in [4.78, 5) is 13.0. The van der Waals surface area contributed by atoms with Crippen LogP contribution in [0.5, 0.6) is 0 Å². The Morgan fingerprint density at radius 2 is 1.72 bits per heavy atom. The van der Waals surface area contributed by atoms with Crippen molar-refractivity contribution in [2.45, 2.75) is 98.1 Å². The molecular weight excluding hydrogens is 396 g/mol. The van der Waals surface area contributed by atoms with Crippen molar-refractivity contribution in [3.05, 3.63) is 46.6 Å². The fourth-order valence-electron chi connectivity index (χ4n) is 4.96. The lowest BCUT2D eigenvalue weighted by Crippen LogP contribution is -2.38. The first kappa shape index (κ1) is 24.6. The topological polar surface area (TPSA) is 54.3 Å². The number of amides is 1. The van der Waals surface area contributed by atoms with Gasteiger partial charge in [-0.1, -0.05) is 52.2 Å². The molecule has 4 heteroatoms. The molecule has 3 rings (SSSR count). The fourth-order valence-corrected chi connectivity index (χ4v) is 4.96. The molecule has 176 valence electrons. The first-order chi connectivity index (χ1) is 14.9. The van der Waals surface area contributed by atoms with Crippen LogP contribution < -0.4 is 5.32 Å². The number of rotatable bonds is 6. The maximum Gasteiger partial charge on any atom is 0.253 e. The lowest BCUT2D eigenvalue weighted by atomic mass is 9.83. The van der Waals surface area contributed by atoms with Crippen LogP contribution in [-0.4, -0.2) is 27.7 Å². The summed E-state index contributed by atoms with van der Waals surface area (Å²) in [6, 6.07) is 8.75. The van der Waals surface area contributed by atoms with Gasteiger partial charge in [0.25, 0.3) is 5.91 Å². The smallest absolute Gasteiger partial charge is 0.253 e. The first-order valence-corrected chi connectivity index (χ1v) is 12.2. The predicted octanol–water partition coefficient (Wildman–Crippen LogP) is 6.15. The van der Waals surface area contributed by atoms with Crippen LogP contribution in [0, 0.1) is 19.8 Å². The van der Waals surface area contributed by atoms with E-state index in [9.17, 15) is 9.90 Å². The van der Waals surface area contributed by atoms with Gasteiger partial charge in [0.15, 0.2) is 0 Å². The summed E-state index contributed by atoms with van der Waals surface area (Å²) in [5.74, 6) is 0.546. The van der Waals surface area contributed by atoms with E-state index in [1.807, 2.05) is 0 Å². The highest BCUT2D eigenvalue weighted by atomic mass is 16.3. The number of aliphatic hydroxyl groups is 1. The van der Waals surface area contributed by atoms with Crippen molar-refractivity contribution in [1.29, 1.82) is 0 Å². The third-order valence-electron chi connectivity index (χ3n) is 6.80. The molecule has 1 fully saturated rings. The lowest BCUT2D eigenvalue weighted by Gasteiger charge is -2.25. The summed E-state index contributed by atoms with van der Waals surface area (Å²) in [5.41, 5.74) is 5.76. The van der Waals surface area contributed by atoms with E-state index in [4.69, 9.17) is 0 Å². The molecule has 2 aromatic rings. The molecule has 0 spiro atoms. The number of aryl methyl sites for hydroxylation is 1. The fraction of sp³-hybridized carbons (Fsp3) is 0.607. The average molecular weight is 439 g/mol. The summed E-state index contributed by atoms with van der Waals surface area (Å²) in [5, 5.41) is 13.0. The molecule has 0 unspecified atom stereocenters. The Morgan fingerprint density at radius 1 is 1.06 bits per heavy atom. The number of benzene rings is 1. The van der Waals surface area contributed by atoms with Gasteiger partial charge in [-0.3, -0.25) is 4.79 Å². The van der Waals surface area contributed by atoms with Crippen LogP contribution in [0.25, 0.3) is 11.3 Å². The quantitative estimate of drug-likeness (QED) is 0.568. The molecular formula is C28H42N2O2. The number of aromatic nitrogens is 1. The van der Waals surface area contributed by atoms with Gasteiger partial charge in [0.05, 0.1) is 11.2 Å². The Labute approximate surface area is 194 Å². The molecule has 0 atom stereocenters. The molecule has 0 saturated heterocycles. The molecule has 1 saturated carbocycles. The highest BCUT2D eigenvalue weighted by Gasteiger charge is 2.24. The van der Waals surface area contributed by atoms with Crippen LogP contribution >= 0.6 is 0 Å². The zero-order chi connectivity index (χ0) is 23.7. The molecule has 0 bridgehead atoms. The van der Waals surface area contributed by atoms with Crippen LogP contribution in [0.4, 0.5) is 0 Å². The van der Waals surface area contributed by atoms with Crippen LogP contribution in [0.2, 0.25) is 0 Å². The molecule has 0 radical (unpaired) electrons. The molecule has 1 aromatic carbocycles. The standard InChI is InChI=1S/C28H42N2O2/c1-19-13-14-22(15-24(19)27(3,4)5)25-16-23(26(31)29-18-28(6,7)32)20(2)30(25)17-21-11-9-8-10-12-21/h13-16,21,32H,8-12,17-18H2,1-7H3,(H,29,31). The van der Waals surface area contributed by atoms with Gasteiger partial charge in [-0.25, -0.2) is 0 Å². The van der Waals surface area contributed by atoms with Crippen molar-refractivity contribution in [3.63, 3.8) is 0 Å². The second-order valence-electron chi connectivity index (χ2n) is 11.4. The van der Waals surface area contributed by atoms with E-state index in [0.717, 1.165) is 17.9 Å². The Morgan fingerprint density at radius 3 is 2.31 bits per heavy atom. The largest absolute Gasteiger partial charge is 0.389 e. The molecule has 1 aromatic heterocycles. The summed E-state index contributed by atoms with van der Waals surface area (Å²) in [6.07, 6.45) is 6.47. The van der Waals surface area contributed by atoms with Gasteiger partial charge in [0.1, 0.15) is 0 Å². The van der Waals surface area contributed by atoms with Crippen LogP contribution in [0.1, 0.15) is 93.9 Å². The Hall–Kier alpha value is -2.07. The van der Waals surface area contributed by atoms with E-state index in [1.54, 1.807) is 13.8 Å². The highest BCUT2D eigenvalue weighted by Crippen LogP contribution is 2.34. The molecule has 4 nitrogen and oxygen atoms in total. The molecule has 1 heterocycles. The Bertz CT molecular complexity index is 951. The van der Waals surface area contributed by atoms with Crippen molar-refractivity contribution < 1.29 is 9.90 Å². The number of hydrogen-bond acceptors (Lipinski definition) is 2. The number of carbonyl (C=O) groups excluding carboxylic acids is 1. The average Bonchev–Trinajstić information content (AvgIpc) is 3.02. The number of nitrogens with one attached hydrogen (secondary N) is 1.